The topological polar surface area (TPSA) is 73.2 Å². The van der Waals surface area contributed by atoms with E-state index in [9.17, 15) is 9.59 Å². The Morgan fingerprint density at radius 1 is 1.06 bits per heavy atom. The summed E-state index contributed by atoms with van der Waals surface area (Å²) >= 11 is 1.29. The van der Waals surface area contributed by atoms with Crippen LogP contribution in [0.3, 0.4) is 0 Å². The summed E-state index contributed by atoms with van der Waals surface area (Å²) in [4.78, 5) is 31.1. The van der Waals surface area contributed by atoms with E-state index >= 15 is 0 Å². The second-order valence-electron chi connectivity index (χ2n) is 7.12. The van der Waals surface area contributed by atoms with E-state index in [0.29, 0.717) is 39.6 Å². The van der Waals surface area contributed by atoms with E-state index in [0.717, 1.165) is 0 Å². The Morgan fingerprint density at radius 2 is 1.81 bits per heavy atom. The zero-order valence-corrected chi connectivity index (χ0v) is 18.6. The summed E-state index contributed by atoms with van der Waals surface area (Å²) in [5.74, 6) is 0.505. The summed E-state index contributed by atoms with van der Waals surface area (Å²) in [5.41, 5.74) is 1.81. The standard InChI is InChI=1S/C25H23N3O3S/c1-3-22(23(29)26-17-10-9-13-19(16-17)31-2)32-25-27-21-15-8-7-14-20(21)24(30)28(25)18-11-5-4-6-12-18/h4-16,22H,3H2,1-2H3,(H,26,29). The van der Waals surface area contributed by atoms with Crippen LogP contribution in [0.4, 0.5) is 5.69 Å². The maximum atomic E-state index is 13.3. The van der Waals surface area contributed by atoms with E-state index in [1.807, 2.05) is 73.7 Å². The molecule has 7 heteroatoms. The zero-order valence-electron chi connectivity index (χ0n) is 17.8. The van der Waals surface area contributed by atoms with Crippen LogP contribution in [0.1, 0.15) is 13.3 Å². The minimum absolute atomic E-state index is 0.159. The van der Waals surface area contributed by atoms with Gasteiger partial charge in [0.15, 0.2) is 5.16 Å². The maximum absolute atomic E-state index is 13.3. The van der Waals surface area contributed by atoms with Gasteiger partial charge in [0.1, 0.15) is 5.75 Å². The third-order valence-corrected chi connectivity index (χ3v) is 6.32. The Balaban J connectivity index is 1.71. The van der Waals surface area contributed by atoms with Crippen LogP contribution in [0.15, 0.2) is 88.8 Å². The molecule has 162 valence electrons. The zero-order chi connectivity index (χ0) is 22.5. The molecule has 6 nitrogen and oxygen atoms in total. The number of carbonyl (C=O) groups excluding carboxylic acids is 1. The first-order valence-electron chi connectivity index (χ1n) is 10.3. The first-order chi connectivity index (χ1) is 15.6. The summed E-state index contributed by atoms with van der Waals surface area (Å²) in [6, 6.07) is 23.8. The van der Waals surface area contributed by atoms with Crippen molar-refractivity contribution in [3.63, 3.8) is 0 Å². The number of aromatic nitrogens is 2. The molecule has 1 unspecified atom stereocenters. The molecule has 0 aliphatic rings. The van der Waals surface area contributed by atoms with Gasteiger partial charge in [-0.2, -0.15) is 0 Å². The molecule has 0 saturated heterocycles. The van der Waals surface area contributed by atoms with E-state index in [2.05, 4.69) is 5.32 Å². The molecule has 0 radical (unpaired) electrons. The number of para-hydroxylation sites is 2. The van der Waals surface area contributed by atoms with Crippen molar-refractivity contribution in [3.05, 3.63) is 89.2 Å². The lowest BCUT2D eigenvalue weighted by atomic mass is 10.2. The number of carbonyl (C=O) groups is 1. The van der Waals surface area contributed by atoms with Crippen LogP contribution < -0.4 is 15.6 Å². The van der Waals surface area contributed by atoms with Gasteiger partial charge in [0.05, 0.1) is 29.0 Å². The number of anilines is 1. The summed E-state index contributed by atoms with van der Waals surface area (Å²) in [6.07, 6.45) is 0.567. The molecule has 1 atom stereocenters. The van der Waals surface area contributed by atoms with Crippen LogP contribution in [0.5, 0.6) is 5.75 Å². The summed E-state index contributed by atoms with van der Waals surface area (Å²) in [7, 11) is 1.58. The third kappa shape index (κ3) is 4.53. The van der Waals surface area contributed by atoms with Gasteiger partial charge in [-0.1, -0.05) is 55.1 Å². The molecule has 0 aliphatic heterocycles. The van der Waals surface area contributed by atoms with Crippen molar-refractivity contribution in [2.45, 2.75) is 23.8 Å². The van der Waals surface area contributed by atoms with Crippen molar-refractivity contribution < 1.29 is 9.53 Å². The van der Waals surface area contributed by atoms with Crippen molar-refractivity contribution in [2.24, 2.45) is 0 Å². The van der Waals surface area contributed by atoms with Gasteiger partial charge >= 0.3 is 0 Å². The molecule has 1 heterocycles. The molecule has 1 N–H and O–H groups in total. The first-order valence-corrected chi connectivity index (χ1v) is 11.2. The summed E-state index contributed by atoms with van der Waals surface area (Å²) in [5, 5.41) is 3.52. The molecular weight excluding hydrogens is 422 g/mol. The SMILES string of the molecule is CCC(Sc1nc2ccccc2c(=O)n1-c1ccccc1)C(=O)Nc1cccc(OC)c1. The van der Waals surface area contributed by atoms with E-state index in [4.69, 9.17) is 9.72 Å². The largest absolute Gasteiger partial charge is 0.497 e. The maximum Gasteiger partial charge on any atom is 0.266 e. The number of benzene rings is 3. The Kier molecular flexibility index (Phi) is 6.56. The Morgan fingerprint density at radius 3 is 2.56 bits per heavy atom. The number of thioether (sulfide) groups is 1. The van der Waals surface area contributed by atoms with Crippen molar-refractivity contribution in [1.29, 1.82) is 0 Å². The lowest BCUT2D eigenvalue weighted by molar-refractivity contribution is -0.115. The van der Waals surface area contributed by atoms with Crippen LogP contribution in [-0.2, 0) is 4.79 Å². The molecule has 0 saturated carbocycles. The Labute approximate surface area is 190 Å². The number of amides is 1. The second kappa shape index (κ2) is 9.70. The predicted molar refractivity (Wildman–Crippen MR) is 129 cm³/mol. The van der Waals surface area contributed by atoms with Crippen LogP contribution in [0, 0.1) is 0 Å². The van der Waals surface area contributed by atoms with Gasteiger partial charge in [-0.3, -0.25) is 14.2 Å². The average Bonchev–Trinajstić information content (AvgIpc) is 2.83. The smallest absolute Gasteiger partial charge is 0.266 e. The van der Waals surface area contributed by atoms with E-state index in [1.54, 1.807) is 23.8 Å². The molecule has 4 aromatic rings. The highest BCUT2D eigenvalue weighted by molar-refractivity contribution is 8.00. The molecule has 0 aliphatic carbocycles. The van der Waals surface area contributed by atoms with Crippen molar-refractivity contribution >= 4 is 34.3 Å². The first kappa shape index (κ1) is 21.6. The fraction of sp³-hybridized carbons (Fsp3) is 0.160. The normalized spacial score (nSPS) is 11.8. The third-order valence-electron chi connectivity index (χ3n) is 5.01. The fourth-order valence-electron chi connectivity index (χ4n) is 3.37. The monoisotopic (exact) mass is 445 g/mol. The predicted octanol–water partition coefficient (Wildman–Crippen LogP) is 4.90. The number of hydrogen-bond acceptors (Lipinski definition) is 5. The highest BCUT2D eigenvalue weighted by Gasteiger charge is 2.23. The van der Waals surface area contributed by atoms with E-state index in [-0.39, 0.29) is 11.5 Å². The molecule has 4 rings (SSSR count). The molecule has 0 bridgehead atoms. The lowest BCUT2D eigenvalue weighted by Crippen LogP contribution is -2.27. The van der Waals surface area contributed by atoms with Gasteiger partial charge in [0, 0.05) is 11.8 Å². The van der Waals surface area contributed by atoms with Gasteiger partial charge in [0.25, 0.3) is 5.56 Å². The van der Waals surface area contributed by atoms with E-state index in [1.165, 1.54) is 11.8 Å². The lowest BCUT2D eigenvalue weighted by Gasteiger charge is -2.18. The van der Waals surface area contributed by atoms with Crippen LogP contribution in [0.2, 0.25) is 0 Å². The highest BCUT2D eigenvalue weighted by atomic mass is 32.2. The molecule has 1 aromatic heterocycles. The Hall–Kier alpha value is -3.58. The van der Waals surface area contributed by atoms with Crippen molar-refractivity contribution in [3.8, 4) is 11.4 Å². The molecule has 0 fully saturated rings. The number of methoxy groups -OCH3 is 1. The summed E-state index contributed by atoms with van der Waals surface area (Å²) in [6.45, 7) is 1.94. The number of rotatable bonds is 7. The number of nitrogens with one attached hydrogen (secondary N) is 1. The number of hydrogen-bond donors (Lipinski definition) is 1. The van der Waals surface area contributed by atoms with Gasteiger partial charge in [-0.25, -0.2) is 4.98 Å². The number of nitrogens with zero attached hydrogens (tertiary/aromatic N) is 2. The van der Waals surface area contributed by atoms with E-state index < -0.39 is 5.25 Å². The highest BCUT2D eigenvalue weighted by Crippen LogP contribution is 2.28. The van der Waals surface area contributed by atoms with Gasteiger partial charge in [-0.05, 0) is 42.8 Å². The summed E-state index contributed by atoms with van der Waals surface area (Å²) < 4.78 is 6.81. The number of ether oxygens (including phenoxy) is 1. The molecule has 1 amide bonds. The van der Waals surface area contributed by atoms with Crippen LogP contribution in [0.25, 0.3) is 16.6 Å². The molecule has 32 heavy (non-hydrogen) atoms. The second-order valence-corrected chi connectivity index (χ2v) is 8.29. The molecule has 0 spiro atoms. The Bertz CT molecular complexity index is 1300. The van der Waals surface area contributed by atoms with Crippen molar-refractivity contribution in [1.82, 2.24) is 9.55 Å². The van der Waals surface area contributed by atoms with Gasteiger partial charge < -0.3 is 10.1 Å². The van der Waals surface area contributed by atoms with Gasteiger partial charge in [-0.15, -0.1) is 0 Å². The molecular formula is C25H23N3O3S. The van der Waals surface area contributed by atoms with Gasteiger partial charge in [0.2, 0.25) is 5.91 Å². The van der Waals surface area contributed by atoms with Crippen LogP contribution in [-0.4, -0.2) is 27.8 Å². The van der Waals surface area contributed by atoms with Crippen LogP contribution >= 0.6 is 11.8 Å². The molecule has 3 aromatic carbocycles. The minimum atomic E-state index is -0.441. The quantitative estimate of drug-likeness (QED) is 0.323. The average molecular weight is 446 g/mol. The fourth-order valence-corrected chi connectivity index (χ4v) is 4.40. The minimum Gasteiger partial charge on any atom is -0.497 e. The number of fused-ring (bicyclic) bond motifs is 1. The van der Waals surface area contributed by atoms with Crippen molar-refractivity contribution in [2.75, 3.05) is 12.4 Å².